The van der Waals surface area contributed by atoms with E-state index in [4.69, 9.17) is 4.74 Å². The number of phenols is 2. The predicted octanol–water partition coefficient (Wildman–Crippen LogP) is 3.67. The first kappa shape index (κ1) is 23.8. The van der Waals surface area contributed by atoms with Crippen LogP contribution in [0, 0.1) is 0 Å². The standard InChI is InChI=1S/C24H28NO6P/c1-16(25-15-22(28)18-9-12-20(26)21(27)14-18)13-17-7-10-19(11-8-17)31-23-5-3-4-6-24(23)32(2,29)30/h3-12,14,16,22,25-28H,13,15H2,1-2H3,(H,29,30). The highest BCUT2D eigenvalue weighted by Gasteiger charge is 2.19. The van der Waals surface area contributed by atoms with Gasteiger partial charge in [-0.3, -0.25) is 4.57 Å². The number of aliphatic hydroxyl groups is 1. The van der Waals surface area contributed by atoms with Gasteiger partial charge in [0.15, 0.2) is 11.5 Å². The predicted molar refractivity (Wildman–Crippen MR) is 124 cm³/mol. The number of benzene rings is 3. The van der Waals surface area contributed by atoms with E-state index in [9.17, 15) is 24.8 Å². The second kappa shape index (κ2) is 10.2. The first-order valence-corrected chi connectivity index (χ1v) is 12.3. The Balaban J connectivity index is 1.55. The largest absolute Gasteiger partial charge is 0.504 e. The quantitative estimate of drug-likeness (QED) is 0.246. The molecule has 0 spiro atoms. The van der Waals surface area contributed by atoms with Crippen LogP contribution in [-0.2, 0) is 11.0 Å². The van der Waals surface area contributed by atoms with Crippen LogP contribution in [0.5, 0.6) is 23.0 Å². The van der Waals surface area contributed by atoms with Crippen molar-refractivity contribution < 1.29 is 29.5 Å². The summed E-state index contributed by atoms with van der Waals surface area (Å²) in [4.78, 5) is 9.91. The smallest absolute Gasteiger partial charge is 0.230 e. The summed E-state index contributed by atoms with van der Waals surface area (Å²) in [6, 6.07) is 18.5. The minimum atomic E-state index is -3.44. The minimum absolute atomic E-state index is 0.0724. The Labute approximate surface area is 187 Å². The molecule has 0 bridgehead atoms. The molecule has 0 aliphatic rings. The summed E-state index contributed by atoms with van der Waals surface area (Å²) in [5.74, 6) is 0.439. The van der Waals surface area contributed by atoms with E-state index in [1.54, 1.807) is 30.3 Å². The topological polar surface area (TPSA) is 119 Å². The second-order valence-corrected chi connectivity index (χ2v) is 10.1. The molecule has 3 unspecified atom stereocenters. The number of aliphatic hydroxyl groups excluding tert-OH is 1. The maximum Gasteiger partial charge on any atom is 0.230 e. The number of rotatable bonds is 9. The van der Waals surface area contributed by atoms with Crippen LogP contribution < -0.4 is 15.4 Å². The van der Waals surface area contributed by atoms with Gasteiger partial charge in [0, 0.05) is 19.3 Å². The van der Waals surface area contributed by atoms with Crippen LogP contribution in [0.1, 0.15) is 24.2 Å². The Bertz CT molecular complexity index is 1100. The third-order valence-corrected chi connectivity index (χ3v) is 6.31. The molecule has 170 valence electrons. The molecule has 7 nitrogen and oxygen atoms in total. The Morgan fingerprint density at radius 2 is 1.69 bits per heavy atom. The van der Waals surface area contributed by atoms with Gasteiger partial charge in [-0.1, -0.05) is 30.3 Å². The van der Waals surface area contributed by atoms with Gasteiger partial charge in [0.2, 0.25) is 7.37 Å². The van der Waals surface area contributed by atoms with Crippen molar-refractivity contribution in [2.24, 2.45) is 0 Å². The van der Waals surface area contributed by atoms with Gasteiger partial charge in [0.1, 0.15) is 11.5 Å². The first-order chi connectivity index (χ1) is 15.1. The van der Waals surface area contributed by atoms with E-state index in [1.165, 1.54) is 18.8 Å². The van der Waals surface area contributed by atoms with Crippen LogP contribution >= 0.6 is 7.37 Å². The number of hydrogen-bond acceptors (Lipinski definition) is 6. The van der Waals surface area contributed by atoms with Crippen LogP contribution in [0.3, 0.4) is 0 Å². The maximum atomic E-state index is 12.1. The van der Waals surface area contributed by atoms with Gasteiger partial charge in [-0.15, -0.1) is 0 Å². The monoisotopic (exact) mass is 457 g/mol. The maximum absolute atomic E-state index is 12.1. The molecular weight excluding hydrogens is 429 g/mol. The zero-order valence-electron chi connectivity index (χ0n) is 18.0. The fourth-order valence-electron chi connectivity index (χ4n) is 3.31. The molecule has 3 rings (SSSR count). The van der Waals surface area contributed by atoms with Gasteiger partial charge in [0.25, 0.3) is 0 Å². The Morgan fingerprint density at radius 1 is 1.00 bits per heavy atom. The molecule has 0 saturated carbocycles. The zero-order valence-corrected chi connectivity index (χ0v) is 18.9. The van der Waals surface area contributed by atoms with E-state index >= 15 is 0 Å². The zero-order chi connectivity index (χ0) is 23.3. The van der Waals surface area contributed by atoms with Crippen LogP contribution in [-0.4, -0.2) is 39.5 Å². The second-order valence-electron chi connectivity index (χ2n) is 7.87. The molecular formula is C24H28NO6P. The lowest BCUT2D eigenvalue weighted by Gasteiger charge is -2.18. The van der Waals surface area contributed by atoms with Gasteiger partial charge < -0.3 is 30.3 Å². The number of hydrogen-bond donors (Lipinski definition) is 5. The van der Waals surface area contributed by atoms with E-state index < -0.39 is 13.5 Å². The number of phenolic OH excluding ortho intramolecular Hbond substituents is 2. The van der Waals surface area contributed by atoms with Crippen LogP contribution in [0.15, 0.2) is 66.7 Å². The molecule has 5 N–H and O–H groups in total. The fraction of sp³-hybridized carbons (Fsp3) is 0.250. The highest BCUT2D eigenvalue weighted by atomic mass is 31.2. The van der Waals surface area contributed by atoms with Crippen molar-refractivity contribution in [2.75, 3.05) is 13.2 Å². The molecule has 3 aromatic rings. The van der Waals surface area contributed by atoms with Gasteiger partial charge in [-0.25, -0.2) is 0 Å². The van der Waals surface area contributed by atoms with Crippen LogP contribution in [0.25, 0.3) is 0 Å². The molecule has 8 heteroatoms. The first-order valence-electron chi connectivity index (χ1n) is 10.2. The lowest BCUT2D eigenvalue weighted by Crippen LogP contribution is -2.32. The summed E-state index contributed by atoms with van der Waals surface area (Å²) in [5.41, 5.74) is 1.58. The molecule has 0 aliphatic carbocycles. The van der Waals surface area contributed by atoms with Gasteiger partial charge in [-0.2, -0.15) is 0 Å². The Kier molecular flexibility index (Phi) is 7.59. The summed E-state index contributed by atoms with van der Waals surface area (Å²) in [5, 5.41) is 32.8. The van der Waals surface area contributed by atoms with Gasteiger partial charge >= 0.3 is 0 Å². The number of ether oxygens (including phenoxy) is 1. The van der Waals surface area contributed by atoms with Crippen LogP contribution in [0.4, 0.5) is 0 Å². The van der Waals surface area contributed by atoms with E-state index in [-0.39, 0.29) is 22.8 Å². The lowest BCUT2D eigenvalue weighted by molar-refractivity contribution is 0.170. The van der Waals surface area contributed by atoms with Gasteiger partial charge in [-0.05, 0) is 60.9 Å². The molecule has 0 aliphatic heterocycles. The minimum Gasteiger partial charge on any atom is -0.504 e. The average Bonchev–Trinajstić information content (AvgIpc) is 2.75. The van der Waals surface area contributed by atoms with Crippen molar-refractivity contribution in [1.82, 2.24) is 5.32 Å². The molecule has 0 saturated heterocycles. The molecule has 3 atom stereocenters. The number of para-hydroxylation sites is 1. The van der Waals surface area contributed by atoms with E-state index in [1.807, 2.05) is 31.2 Å². The summed E-state index contributed by atoms with van der Waals surface area (Å²) in [7, 11) is -3.44. The highest BCUT2D eigenvalue weighted by Crippen LogP contribution is 2.39. The molecule has 0 radical (unpaired) electrons. The highest BCUT2D eigenvalue weighted by molar-refractivity contribution is 7.65. The van der Waals surface area contributed by atoms with E-state index in [0.29, 0.717) is 30.0 Å². The van der Waals surface area contributed by atoms with Crippen molar-refractivity contribution in [1.29, 1.82) is 0 Å². The molecule has 32 heavy (non-hydrogen) atoms. The number of nitrogens with one attached hydrogen (secondary N) is 1. The SMILES string of the molecule is CC(Cc1ccc(Oc2ccccc2P(C)(=O)O)cc1)NCC(O)c1ccc(O)c(O)c1. The Hall–Kier alpha value is -2.83. The molecule has 3 aromatic carbocycles. The molecule has 0 fully saturated rings. The van der Waals surface area contributed by atoms with E-state index in [2.05, 4.69) is 5.32 Å². The average molecular weight is 457 g/mol. The third kappa shape index (κ3) is 6.34. The third-order valence-electron chi connectivity index (χ3n) is 5.05. The van der Waals surface area contributed by atoms with Crippen molar-refractivity contribution in [3.8, 4) is 23.0 Å². The van der Waals surface area contributed by atoms with Crippen molar-refractivity contribution >= 4 is 12.7 Å². The molecule has 0 heterocycles. The summed E-state index contributed by atoms with van der Waals surface area (Å²) < 4.78 is 17.9. The normalized spacial score (nSPS) is 15.0. The Morgan fingerprint density at radius 3 is 2.34 bits per heavy atom. The van der Waals surface area contributed by atoms with Crippen molar-refractivity contribution in [2.45, 2.75) is 25.5 Å². The summed E-state index contributed by atoms with van der Waals surface area (Å²) in [6.45, 7) is 3.58. The lowest BCUT2D eigenvalue weighted by atomic mass is 10.1. The molecule has 0 aromatic heterocycles. The van der Waals surface area contributed by atoms with Gasteiger partial charge in [0.05, 0.1) is 11.4 Å². The number of aromatic hydroxyl groups is 2. The van der Waals surface area contributed by atoms with Crippen LogP contribution in [0.2, 0.25) is 0 Å². The summed E-state index contributed by atoms with van der Waals surface area (Å²) in [6.07, 6.45) is -0.105. The fourth-order valence-corrected chi connectivity index (χ4v) is 4.20. The van der Waals surface area contributed by atoms with Crippen molar-refractivity contribution in [3.63, 3.8) is 0 Å². The van der Waals surface area contributed by atoms with E-state index in [0.717, 1.165) is 5.56 Å². The molecule has 0 amide bonds. The summed E-state index contributed by atoms with van der Waals surface area (Å²) >= 11 is 0. The van der Waals surface area contributed by atoms with Crippen molar-refractivity contribution in [3.05, 3.63) is 77.9 Å².